The first-order valence-electron chi connectivity index (χ1n) is 17.0. The van der Waals surface area contributed by atoms with Crippen LogP contribution in [0.1, 0.15) is 77.7 Å². The van der Waals surface area contributed by atoms with E-state index < -0.39 is 28.1 Å². The third kappa shape index (κ3) is 12.8. The van der Waals surface area contributed by atoms with Crippen LogP contribution in [0.3, 0.4) is 0 Å². The molecule has 1 fully saturated rings. The largest absolute Gasteiger partial charge is 0.497 e. The van der Waals surface area contributed by atoms with Gasteiger partial charge in [0.1, 0.15) is 17.1 Å². The van der Waals surface area contributed by atoms with Crippen LogP contribution in [0.2, 0.25) is 43.8 Å². The third-order valence-electron chi connectivity index (χ3n) is 9.11. The van der Waals surface area contributed by atoms with E-state index in [9.17, 15) is 4.79 Å². The van der Waals surface area contributed by atoms with Crippen molar-refractivity contribution in [2.75, 3.05) is 27.6 Å². The molecule has 1 aliphatic heterocycles. The van der Waals surface area contributed by atoms with Crippen molar-refractivity contribution >= 4 is 28.4 Å². The van der Waals surface area contributed by atoms with Crippen LogP contribution in [-0.2, 0) is 23.4 Å². The standard InChI is InChI=1S/C37H64O8Si2/c1-26(28(3)45-47(14,15)36(4,5)6)19-20-27(2)34-31(43-37(7,8)44-34)18-16-17-29-23-30(40-10)24-32(42-25-39-9)33(29)35(38)41-21-22-46(11,12)13/h16-17,19-20,23-24,26-28,31,34H,18,21-22,25H2,1-15H3/b17-16+,20-19-/t26-,27?,28?,31-,34+/m0/s1. The summed E-state index contributed by atoms with van der Waals surface area (Å²) in [4.78, 5) is 13.4. The molecule has 0 aliphatic carbocycles. The maximum absolute atomic E-state index is 13.4. The van der Waals surface area contributed by atoms with E-state index in [0.29, 0.717) is 35.7 Å². The van der Waals surface area contributed by atoms with Crippen molar-refractivity contribution in [2.45, 2.75) is 130 Å². The van der Waals surface area contributed by atoms with Gasteiger partial charge in [0, 0.05) is 33.3 Å². The summed E-state index contributed by atoms with van der Waals surface area (Å²) in [5.74, 6) is 0.136. The minimum atomic E-state index is -1.86. The van der Waals surface area contributed by atoms with Crippen LogP contribution < -0.4 is 9.47 Å². The Balaban J connectivity index is 2.27. The topological polar surface area (TPSA) is 81.7 Å². The van der Waals surface area contributed by atoms with Gasteiger partial charge in [-0.05, 0) is 68.9 Å². The Hall–Kier alpha value is -1.96. The van der Waals surface area contributed by atoms with Crippen LogP contribution in [0.25, 0.3) is 6.08 Å². The SMILES string of the molecule is COCOc1cc(OC)cc(/C=C/C[C@@H]2OC(C)(C)O[C@@H]2C(C)/C=C\[C@H](C)C(C)O[Si](C)(C)C(C)(C)C)c1C(=O)OCC[Si](C)(C)C. The van der Waals surface area contributed by atoms with Gasteiger partial charge in [0.05, 0.1) is 25.9 Å². The summed E-state index contributed by atoms with van der Waals surface area (Å²) in [6.45, 7) is 29.0. The minimum absolute atomic E-state index is 0.0132. The first-order chi connectivity index (χ1) is 21.6. The second kappa shape index (κ2) is 17.1. The first-order valence-corrected chi connectivity index (χ1v) is 23.6. The van der Waals surface area contributed by atoms with E-state index in [4.69, 9.17) is 32.8 Å². The summed E-state index contributed by atoms with van der Waals surface area (Å²) in [6.07, 6.45) is 8.79. The molecule has 10 heteroatoms. The lowest BCUT2D eigenvalue weighted by Gasteiger charge is -2.39. The smallest absolute Gasteiger partial charge is 0.342 e. The number of hydrogen-bond acceptors (Lipinski definition) is 8. The highest BCUT2D eigenvalue weighted by atomic mass is 28.4. The number of ether oxygens (including phenoxy) is 6. The molecule has 1 aromatic rings. The zero-order chi connectivity index (χ0) is 35.8. The molecule has 1 heterocycles. The van der Waals surface area contributed by atoms with Crippen molar-refractivity contribution < 1.29 is 37.6 Å². The van der Waals surface area contributed by atoms with Gasteiger partial charge >= 0.3 is 5.97 Å². The van der Waals surface area contributed by atoms with Crippen LogP contribution in [0.5, 0.6) is 11.5 Å². The Kier molecular flexibility index (Phi) is 15.0. The average Bonchev–Trinajstić information content (AvgIpc) is 3.26. The third-order valence-corrected chi connectivity index (χ3v) is 15.4. The lowest BCUT2D eigenvalue weighted by Crippen LogP contribution is -2.44. The number of hydrogen-bond donors (Lipinski definition) is 0. The van der Waals surface area contributed by atoms with Crippen LogP contribution in [0.4, 0.5) is 0 Å². The molecule has 0 aromatic heterocycles. The van der Waals surface area contributed by atoms with Crippen molar-refractivity contribution in [3.8, 4) is 11.5 Å². The molecule has 1 saturated heterocycles. The van der Waals surface area contributed by atoms with E-state index in [1.54, 1.807) is 13.2 Å². The predicted molar refractivity (Wildman–Crippen MR) is 197 cm³/mol. The molecule has 1 aliphatic rings. The lowest BCUT2D eigenvalue weighted by atomic mass is 9.94. The van der Waals surface area contributed by atoms with Crippen molar-refractivity contribution in [1.29, 1.82) is 0 Å². The summed E-state index contributed by atoms with van der Waals surface area (Å²) in [5, 5.41) is 0.164. The van der Waals surface area contributed by atoms with Gasteiger partial charge in [-0.1, -0.05) is 78.6 Å². The second-order valence-corrected chi connectivity index (χ2v) is 26.4. The summed E-state index contributed by atoms with van der Waals surface area (Å²) in [7, 11) is -0.127. The maximum Gasteiger partial charge on any atom is 0.342 e. The summed E-state index contributed by atoms with van der Waals surface area (Å²) < 4.78 is 41.7. The number of esters is 1. The fraction of sp³-hybridized carbons (Fsp3) is 0.703. The monoisotopic (exact) mass is 692 g/mol. The van der Waals surface area contributed by atoms with Gasteiger partial charge in [-0.2, -0.15) is 0 Å². The van der Waals surface area contributed by atoms with Crippen molar-refractivity contribution in [1.82, 2.24) is 0 Å². The quantitative estimate of drug-likeness (QED) is 0.0692. The van der Waals surface area contributed by atoms with E-state index >= 15 is 0 Å². The van der Waals surface area contributed by atoms with Crippen molar-refractivity contribution in [3.63, 3.8) is 0 Å². The van der Waals surface area contributed by atoms with Gasteiger partial charge in [0.15, 0.2) is 20.9 Å². The minimum Gasteiger partial charge on any atom is -0.497 e. The molecule has 2 unspecified atom stereocenters. The average molecular weight is 693 g/mol. The van der Waals surface area contributed by atoms with E-state index in [-0.39, 0.29) is 42.0 Å². The van der Waals surface area contributed by atoms with Gasteiger partial charge < -0.3 is 32.8 Å². The molecular weight excluding hydrogens is 629 g/mol. The van der Waals surface area contributed by atoms with E-state index in [1.165, 1.54) is 7.11 Å². The normalized spacial score (nSPS) is 20.8. The Bertz CT molecular complexity index is 1210. The number of rotatable bonds is 17. The molecule has 5 atom stereocenters. The van der Waals surface area contributed by atoms with Crippen LogP contribution >= 0.6 is 0 Å². The zero-order valence-corrected chi connectivity index (χ0v) is 33.9. The predicted octanol–water partition coefficient (Wildman–Crippen LogP) is 9.34. The molecular formula is C37H64O8Si2. The first kappa shape index (κ1) is 41.2. The zero-order valence-electron chi connectivity index (χ0n) is 31.9. The highest BCUT2D eigenvalue weighted by Crippen LogP contribution is 2.39. The Morgan fingerprint density at radius 2 is 1.68 bits per heavy atom. The number of methoxy groups -OCH3 is 2. The summed E-state index contributed by atoms with van der Waals surface area (Å²) in [5.41, 5.74) is 0.982. The summed E-state index contributed by atoms with van der Waals surface area (Å²) >= 11 is 0. The molecule has 268 valence electrons. The van der Waals surface area contributed by atoms with Crippen molar-refractivity contribution in [2.24, 2.45) is 11.8 Å². The maximum atomic E-state index is 13.4. The molecule has 47 heavy (non-hydrogen) atoms. The molecule has 0 saturated carbocycles. The highest BCUT2D eigenvalue weighted by molar-refractivity contribution is 6.76. The summed E-state index contributed by atoms with van der Waals surface area (Å²) in [6, 6.07) is 4.38. The van der Waals surface area contributed by atoms with Gasteiger partial charge in [-0.25, -0.2) is 4.79 Å². The molecule has 0 bridgehead atoms. The lowest BCUT2D eigenvalue weighted by molar-refractivity contribution is -0.148. The van der Waals surface area contributed by atoms with Gasteiger partial charge in [0.25, 0.3) is 0 Å². The second-order valence-electron chi connectivity index (χ2n) is 16.1. The fourth-order valence-corrected chi connectivity index (χ4v) is 7.23. The van der Waals surface area contributed by atoms with Crippen LogP contribution in [0, 0.1) is 11.8 Å². The van der Waals surface area contributed by atoms with Gasteiger partial charge in [-0.3, -0.25) is 0 Å². The number of carbonyl (C=O) groups is 1. The Morgan fingerprint density at radius 3 is 2.26 bits per heavy atom. The van der Waals surface area contributed by atoms with Crippen LogP contribution in [-0.4, -0.2) is 74.1 Å². The molecule has 0 N–H and O–H groups in total. The van der Waals surface area contributed by atoms with E-state index in [2.05, 4.69) is 86.4 Å². The Labute approximate surface area is 287 Å². The highest BCUT2D eigenvalue weighted by Gasteiger charge is 2.43. The molecule has 0 spiro atoms. The fourth-order valence-electron chi connectivity index (χ4n) is 5.02. The number of benzene rings is 1. The molecule has 1 aromatic carbocycles. The Morgan fingerprint density at radius 1 is 1.02 bits per heavy atom. The molecule has 2 rings (SSSR count). The van der Waals surface area contributed by atoms with Gasteiger partial charge in [-0.15, -0.1) is 0 Å². The number of carbonyl (C=O) groups excluding carboxylic acids is 1. The van der Waals surface area contributed by atoms with E-state index in [1.807, 2.05) is 32.1 Å². The van der Waals surface area contributed by atoms with Crippen LogP contribution in [0.15, 0.2) is 30.4 Å². The van der Waals surface area contributed by atoms with E-state index in [0.717, 1.165) is 6.04 Å². The molecule has 0 amide bonds. The molecule has 0 radical (unpaired) electrons. The molecule has 8 nitrogen and oxygen atoms in total. The van der Waals surface area contributed by atoms with Crippen molar-refractivity contribution in [3.05, 3.63) is 41.5 Å². The van der Waals surface area contributed by atoms with Gasteiger partial charge in [0.2, 0.25) is 0 Å².